The number of ether oxygens (including phenoxy) is 1. The number of nitriles is 1. The molecule has 17 heavy (non-hydrogen) atoms. The molecule has 0 spiro atoms. The van der Waals surface area contributed by atoms with Crippen LogP contribution >= 0.6 is 0 Å². The molecule has 1 aliphatic rings. The Labute approximate surface area is 104 Å². The Morgan fingerprint density at radius 3 is 2.82 bits per heavy atom. The van der Waals surface area contributed by atoms with E-state index in [0.29, 0.717) is 13.2 Å². The Morgan fingerprint density at radius 1 is 1.59 bits per heavy atom. The molecule has 2 unspecified atom stereocenters. The summed E-state index contributed by atoms with van der Waals surface area (Å²) in [6, 6.07) is 2.11. The number of likely N-dealkylation sites (tertiary alicyclic amines) is 1. The van der Waals surface area contributed by atoms with Crippen LogP contribution in [0.5, 0.6) is 0 Å². The zero-order chi connectivity index (χ0) is 12.8. The first kappa shape index (κ1) is 14.0. The molecule has 2 atom stereocenters. The molecule has 1 fully saturated rings. The minimum atomic E-state index is -0.518. The summed E-state index contributed by atoms with van der Waals surface area (Å²) < 4.78 is 5.56. The second-order valence-electron chi connectivity index (χ2n) is 4.85. The van der Waals surface area contributed by atoms with E-state index in [-0.39, 0.29) is 17.9 Å². The molecule has 1 amide bonds. The second-order valence-corrected chi connectivity index (χ2v) is 4.85. The average Bonchev–Trinajstić information content (AvgIpc) is 2.30. The summed E-state index contributed by atoms with van der Waals surface area (Å²) in [4.78, 5) is 14.0. The van der Waals surface area contributed by atoms with Crippen LogP contribution in [0.2, 0.25) is 0 Å². The number of piperidine rings is 1. The summed E-state index contributed by atoms with van der Waals surface area (Å²) >= 11 is 0. The molecule has 96 valence electrons. The van der Waals surface area contributed by atoms with Crippen LogP contribution in [0.3, 0.4) is 0 Å². The molecular formula is C13H22N2O2. The summed E-state index contributed by atoms with van der Waals surface area (Å²) in [5, 5.41) is 9.04. The van der Waals surface area contributed by atoms with Crippen molar-refractivity contribution in [1.29, 1.82) is 5.26 Å². The van der Waals surface area contributed by atoms with E-state index in [1.807, 2.05) is 20.8 Å². The van der Waals surface area contributed by atoms with Gasteiger partial charge in [0.25, 0.3) is 0 Å². The normalized spacial score (nSPS) is 22.3. The molecule has 0 aromatic rings. The van der Waals surface area contributed by atoms with Crippen LogP contribution in [-0.4, -0.2) is 36.6 Å². The van der Waals surface area contributed by atoms with Crippen LogP contribution in [0.15, 0.2) is 0 Å². The predicted octanol–water partition coefficient (Wildman–Crippen LogP) is 1.81. The molecular weight excluding hydrogens is 216 g/mol. The Bertz CT molecular complexity index is 294. The van der Waals surface area contributed by atoms with Gasteiger partial charge >= 0.3 is 0 Å². The molecule has 4 nitrogen and oxygen atoms in total. The number of rotatable bonds is 4. The van der Waals surface area contributed by atoms with Gasteiger partial charge in [0, 0.05) is 19.7 Å². The maximum atomic E-state index is 12.2. The Hall–Kier alpha value is -1.08. The summed E-state index contributed by atoms with van der Waals surface area (Å²) in [5.41, 5.74) is 0. The van der Waals surface area contributed by atoms with Crippen molar-refractivity contribution < 1.29 is 9.53 Å². The fourth-order valence-corrected chi connectivity index (χ4v) is 2.20. The minimum Gasteiger partial charge on any atom is -0.377 e. The molecule has 0 N–H and O–H groups in total. The Morgan fingerprint density at radius 2 is 2.29 bits per heavy atom. The van der Waals surface area contributed by atoms with Gasteiger partial charge in [0.05, 0.1) is 12.2 Å². The molecule has 0 aromatic heterocycles. The highest BCUT2D eigenvalue weighted by molar-refractivity contribution is 5.81. The Kier molecular flexibility index (Phi) is 5.43. The van der Waals surface area contributed by atoms with Crippen LogP contribution in [0.4, 0.5) is 0 Å². The zero-order valence-corrected chi connectivity index (χ0v) is 11.0. The third kappa shape index (κ3) is 3.71. The van der Waals surface area contributed by atoms with Gasteiger partial charge in [0.2, 0.25) is 5.91 Å². The van der Waals surface area contributed by atoms with Crippen molar-refractivity contribution in [1.82, 2.24) is 4.90 Å². The fourth-order valence-electron chi connectivity index (χ4n) is 2.20. The fraction of sp³-hybridized carbons (Fsp3) is 0.846. The van der Waals surface area contributed by atoms with Crippen molar-refractivity contribution in [3.8, 4) is 6.07 Å². The molecule has 0 bridgehead atoms. The van der Waals surface area contributed by atoms with Gasteiger partial charge in [-0.1, -0.05) is 13.8 Å². The lowest BCUT2D eigenvalue weighted by Crippen LogP contribution is -2.46. The number of amides is 1. The van der Waals surface area contributed by atoms with E-state index in [1.54, 1.807) is 4.90 Å². The monoisotopic (exact) mass is 238 g/mol. The van der Waals surface area contributed by atoms with Crippen molar-refractivity contribution in [2.24, 2.45) is 11.8 Å². The molecule has 0 saturated carbocycles. The van der Waals surface area contributed by atoms with E-state index in [4.69, 9.17) is 10.00 Å². The van der Waals surface area contributed by atoms with Crippen LogP contribution in [0.25, 0.3) is 0 Å². The summed E-state index contributed by atoms with van der Waals surface area (Å²) in [7, 11) is 0. The van der Waals surface area contributed by atoms with E-state index in [0.717, 1.165) is 19.4 Å². The van der Waals surface area contributed by atoms with Gasteiger partial charge in [-0.3, -0.25) is 4.79 Å². The predicted molar refractivity (Wildman–Crippen MR) is 65.2 cm³/mol. The van der Waals surface area contributed by atoms with Crippen molar-refractivity contribution in [3.05, 3.63) is 0 Å². The standard InChI is InChI=1S/C13H22N2O2/c1-4-17-11-6-5-7-15(9-11)13(16)12(8-14)10(2)3/h10-12H,4-7,9H2,1-3H3. The summed E-state index contributed by atoms with van der Waals surface area (Å²) in [6.07, 6.45) is 2.12. The maximum absolute atomic E-state index is 12.2. The van der Waals surface area contributed by atoms with Crippen molar-refractivity contribution in [3.63, 3.8) is 0 Å². The van der Waals surface area contributed by atoms with E-state index in [1.165, 1.54) is 0 Å². The first-order valence-electron chi connectivity index (χ1n) is 6.40. The molecule has 4 heteroatoms. The summed E-state index contributed by atoms with van der Waals surface area (Å²) in [5.74, 6) is -0.484. The highest BCUT2D eigenvalue weighted by Crippen LogP contribution is 2.19. The third-order valence-corrected chi connectivity index (χ3v) is 3.16. The van der Waals surface area contributed by atoms with E-state index in [9.17, 15) is 4.79 Å². The SMILES string of the molecule is CCOC1CCCN(C(=O)C(C#N)C(C)C)C1. The van der Waals surface area contributed by atoms with Gasteiger partial charge in [-0.25, -0.2) is 0 Å². The van der Waals surface area contributed by atoms with Crippen molar-refractivity contribution >= 4 is 5.91 Å². The second kappa shape index (κ2) is 6.61. The molecule has 1 aliphatic heterocycles. The maximum Gasteiger partial charge on any atom is 0.240 e. The van der Waals surface area contributed by atoms with Gasteiger partial charge in [0.15, 0.2) is 0 Å². The lowest BCUT2D eigenvalue weighted by atomic mass is 9.94. The number of carbonyl (C=O) groups is 1. The number of carbonyl (C=O) groups excluding carboxylic acids is 1. The van der Waals surface area contributed by atoms with Crippen LogP contribution in [-0.2, 0) is 9.53 Å². The van der Waals surface area contributed by atoms with E-state index >= 15 is 0 Å². The molecule has 1 rings (SSSR count). The molecule has 0 radical (unpaired) electrons. The largest absolute Gasteiger partial charge is 0.377 e. The van der Waals surface area contributed by atoms with Gasteiger partial charge in [0.1, 0.15) is 5.92 Å². The van der Waals surface area contributed by atoms with Crippen molar-refractivity contribution in [2.45, 2.75) is 39.7 Å². The highest BCUT2D eigenvalue weighted by Gasteiger charge is 2.30. The third-order valence-electron chi connectivity index (χ3n) is 3.16. The smallest absolute Gasteiger partial charge is 0.240 e. The Balaban J connectivity index is 2.60. The molecule has 0 aromatic carbocycles. The minimum absolute atomic E-state index is 0.0353. The molecule has 1 heterocycles. The number of hydrogen-bond acceptors (Lipinski definition) is 3. The number of nitrogens with zero attached hydrogens (tertiary/aromatic N) is 2. The van der Waals surface area contributed by atoms with Gasteiger partial charge in [-0.15, -0.1) is 0 Å². The lowest BCUT2D eigenvalue weighted by Gasteiger charge is -2.34. The highest BCUT2D eigenvalue weighted by atomic mass is 16.5. The quantitative estimate of drug-likeness (QED) is 0.750. The van der Waals surface area contributed by atoms with E-state index < -0.39 is 5.92 Å². The molecule has 0 aliphatic carbocycles. The van der Waals surface area contributed by atoms with Gasteiger partial charge in [-0.2, -0.15) is 5.26 Å². The molecule has 1 saturated heterocycles. The van der Waals surface area contributed by atoms with Gasteiger partial charge in [-0.05, 0) is 25.7 Å². The number of hydrogen-bond donors (Lipinski definition) is 0. The zero-order valence-electron chi connectivity index (χ0n) is 11.0. The summed E-state index contributed by atoms with van der Waals surface area (Å²) in [6.45, 7) is 7.86. The van der Waals surface area contributed by atoms with Crippen LogP contribution in [0, 0.1) is 23.2 Å². The van der Waals surface area contributed by atoms with Crippen molar-refractivity contribution in [2.75, 3.05) is 19.7 Å². The first-order valence-corrected chi connectivity index (χ1v) is 6.40. The van der Waals surface area contributed by atoms with Crippen LogP contribution < -0.4 is 0 Å². The first-order chi connectivity index (χ1) is 8.10. The van der Waals surface area contributed by atoms with Gasteiger partial charge < -0.3 is 9.64 Å². The topological polar surface area (TPSA) is 53.3 Å². The van der Waals surface area contributed by atoms with E-state index in [2.05, 4.69) is 6.07 Å². The van der Waals surface area contributed by atoms with Crippen LogP contribution in [0.1, 0.15) is 33.6 Å². The average molecular weight is 238 g/mol. The lowest BCUT2D eigenvalue weighted by molar-refractivity contribution is -0.139.